The molecule has 23 heavy (non-hydrogen) atoms. The first-order chi connectivity index (χ1) is 11.0. The van der Waals surface area contributed by atoms with Crippen LogP contribution in [0.25, 0.3) is 0 Å². The first-order valence-corrected chi connectivity index (χ1v) is 9.47. The van der Waals surface area contributed by atoms with E-state index in [9.17, 15) is 13.2 Å². The average molecular weight is 359 g/mol. The van der Waals surface area contributed by atoms with Crippen LogP contribution in [0.4, 0.5) is 0 Å². The molecule has 1 atom stereocenters. The smallest absolute Gasteiger partial charge is 0.251 e. The normalized spacial score (nSPS) is 23.2. The number of piperazine rings is 1. The molecule has 2 heterocycles. The van der Waals surface area contributed by atoms with Gasteiger partial charge in [0, 0.05) is 32.8 Å². The summed E-state index contributed by atoms with van der Waals surface area (Å²) in [5, 5.41) is 0.213. The molecule has 1 amide bonds. The number of sulfonamides is 1. The van der Waals surface area contributed by atoms with Gasteiger partial charge in [0.05, 0.1) is 5.02 Å². The predicted octanol–water partition coefficient (Wildman–Crippen LogP) is 1.35. The average Bonchev–Trinajstić information content (AvgIpc) is 3.09. The van der Waals surface area contributed by atoms with Gasteiger partial charge in [-0.1, -0.05) is 23.7 Å². The summed E-state index contributed by atoms with van der Waals surface area (Å²) < 4.78 is 32.1. The molecule has 2 saturated heterocycles. The van der Waals surface area contributed by atoms with E-state index in [0.717, 1.165) is 12.8 Å². The molecule has 0 spiro atoms. The van der Waals surface area contributed by atoms with Crippen LogP contribution in [0.15, 0.2) is 29.2 Å². The van der Waals surface area contributed by atoms with E-state index in [2.05, 4.69) is 0 Å². The van der Waals surface area contributed by atoms with Crippen LogP contribution in [-0.2, 0) is 19.6 Å². The minimum Gasteiger partial charge on any atom is -0.368 e. The van der Waals surface area contributed by atoms with Crippen molar-refractivity contribution >= 4 is 27.5 Å². The van der Waals surface area contributed by atoms with E-state index in [1.54, 1.807) is 23.1 Å². The molecular weight excluding hydrogens is 340 g/mol. The minimum absolute atomic E-state index is 0.0303. The van der Waals surface area contributed by atoms with Crippen molar-refractivity contribution in [1.82, 2.24) is 9.21 Å². The second-order valence-electron chi connectivity index (χ2n) is 5.66. The number of hydrogen-bond acceptors (Lipinski definition) is 4. The number of hydrogen-bond donors (Lipinski definition) is 0. The van der Waals surface area contributed by atoms with Gasteiger partial charge in [0.2, 0.25) is 10.0 Å². The summed E-state index contributed by atoms with van der Waals surface area (Å²) in [4.78, 5) is 14.1. The Hall–Kier alpha value is -1.15. The molecule has 0 N–H and O–H groups in total. The Morgan fingerprint density at radius 3 is 2.48 bits per heavy atom. The Balaban J connectivity index is 1.66. The molecule has 0 saturated carbocycles. The number of benzene rings is 1. The van der Waals surface area contributed by atoms with Crippen molar-refractivity contribution in [2.24, 2.45) is 0 Å². The molecule has 126 valence electrons. The molecule has 0 aliphatic carbocycles. The standard InChI is InChI=1S/C15H19ClN2O4S/c16-12-4-1-2-6-14(12)23(20,21)18-9-7-17(8-10-18)15(19)13-5-3-11-22-13/h1-2,4,6,13H,3,5,7-11H2/t13-/m1/s1. The Kier molecular flexibility index (Phi) is 4.91. The molecule has 3 rings (SSSR count). The molecule has 1 aromatic carbocycles. The van der Waals surface area contributed by atoms with Gasteiger partial charge >= 0.3 is 0 Å². The van der Waals surface area contributed by atoms with Crippen LogP contribution in [0.3, 0.4) is 0 Å². The van der Waals surface area contributed by atoms with Gasteiger partial charge in [-0.05, 0) is 25.0 Å². The van der Waals surface area contributed by atoms with E-state index in [-0.39, 0.29) is 35.0 Å². The molecule has 8 heteroatoms. The maximum Gasteiger partial charge on any atom is 0.251 e. The largest absolute Gasteiger partial charge is 0.368 e. The molecule has 0 radical (unpaired) electrons. The fourth-order valence-electron chi connectivity index (χ4n) is 2.92. The van der Waals surface area contributed by atoms with Crippen LogP contribution < -0.4 is 0 Å². The van der Waals surface area contributed by atoms with E-state index in [1.165, 1.54) is 10.4 Å². The van der Waals surface area contributed by atoms with Crippen molar-refractivity contribution in [1.29, 1.82) is 0 Å². The molecule has 0 aromatic heterocycles. The topological polar surface area (TPSA) is 66.9 Å². The van der Waals surface area contributed by atoms with Gasteiger partial charge in [-0.15, -0.1) is 0 Å². The van der Waals surface area contributed by atoms with Crippen molar-refractivity contribution in [3.8, 4) is 0 Å². The van der Waals surface area contributed by atoms with E-state index >= 15 is 0 Å². The van der Waals surface area contributed by atoms with Gasteiger partial charge in [-0.2, -0.15) is 4.31 Å². The van der Waals surface area contributed by atoms with Crippen molar-refractivity contribution in [2.45, 2.75) is 23.8 Å². The zero-order chi connectivity index (χ0) is 16.4. The zero-order valence-corrected chi connectivity index (χ0v) is 14.2. The third-order valence-corrected chi connectivity index (χ3v) is 6.61. The van der Waals surface area contributed by atoms with Gasteiger partial charge in [-0.25, -0.2) is 8.42 Å². The zero-order valence-electron chi connectivity index (χ0n) is 12.7. The first kappa shape index (κ1) is 16.7. The lowest BCUT2D eigenvalue weighted by Gasteiger charge is -2.35. The van der Waals surface area contributed by atoms with Gasteiger partial charge < -0.3 is 9.64 Å². The van der Waals surface area contributed by atoms with E-state index < -0.39 is 10.0 Å². The first-order valence-electron chi connectivity index (χ1n) is 7.65. The number of ether oxygens (including phenoxy) is 1. The number of halogens is 1. The molecule has 1 aromatic rings. The van der Waals surface area contributed by atoms with Crippen LogP contribution in [0.1, 0.15) is 12.8 Å². The second kappa shape index (κ2) is 6.76. The highest BCUT2D eigenvalue weighted by molar-refractivity contribution is 7.89. The summed E-state index contributed by atoms with van der Waals surface area (Å²) in [6, 6.07) is 6.41. The summed E-state index contributed by atoms with van der Waals surface area (Å²) in [6.45, 7) is 1.92. The lowest BCUT2D eigenvalue weighted by atomic mass is 10.2. The van der Waals surface area contributed by atoms with Crippen molar-refractivity contribution in [3.05, 3.63) is 29.3 Å². The number of rotatable bonds is 3. The summed E-state index contributed by atoms with van der Waals surface area (Å²) in [7, 11) is -3.63. The van der Waals surface area contributed by atoms with Crippen LogP contribution in [0.2, 0.25) is 5.02 Å². The quantitative estimate of drug-likeness (QED) is 0.818. The van der Waals surface area contributed by atoms with Crippen molar-refractivity contribution in [2.75, 3.05) is 32.8 Å². The highest BCUT2D eigenvalue weighted by atomic mass is 35.5. The van der Waals surface area contributed by atoms with Gasteiger partial charge in [0.25, 0.3) is 5.91 Å². The molecule has 0 unspecified atom stereocenters. The summed E-state index contributed by atoms with van der Waals surface area (Å²) in [5.41, 5.74) is 0. The Morgan fingerprint density at radius 2 is 1.87 bits per heavy atom. The summed E-state index contributed by atoms with van der Waals surface area (Å²) in [6.07, 6.45) is 1.29. The Morgan fingerprint density at radius 1 is 1.17 bits per heavy atom. The van der Waals surface area contributed by atoms with E-state index in [1.807, 2.05) is 0 Å². The summed E-state index contributed by atoms with van der Waals surface area (Å²) in [5.74, 6) is -0.0303. The highest BCUT2D eigenvalue weighted by Gasteiger charge is 2.34. The number of carbonyl (C=O) groups is 1. The lowest BCUT2D eigenvalue weighted by Crippen LogP contribution is -2.52. The van der Waals surface area contributed by atoms with Crippen LogP contribution >= 0.6 is 11.6 Å². The van der Waals surface area contributed by atoms with Crippen LogP contribution in [0, 0.1) is 0 Å². The monoisotopic (exact) mass is 358 g/mol. The molecular formula is C15H19ClN2O4S. The SMILES string of the molecule is O=C([C@H]1CCCO1)N1CCN(S(=O)(=O)c2ccccc2Cl)CC1. The predicted molar refractivity (Wildman–Crippen MR) is 85.8 cm³/mol. The summed E-state index contributed by atoms with van der Waals surface area (Å²) >= 11 is 6.01. The number of amides is 1. The molecule has 6 nitrogen and oxygen atoms in total. The fourth-order valence-corrected chi connectivity index (χ4v) is 4.83. The molecule has 0 bridgehead atoms. The molecule has 2 fully saturated rings. The van der Waals surface area contributed by atoms with Gasteiger partial charge in [0.15, 0.2) is 0 Å². The van der Waals surface area contributed by atoms with Crippen LogP contribution in [0.5, 0.6) is 0 Å². The Labute approximate surface area is 141 Å². The van der Waals surface area contributed by atoms with Crippen LogP contribution in [-0.4, -0.2) is 62.4 Å². The van der Waals surface area contributed by atoms with Gasteiger partial charge in [-0.3, -0.25) is 4.79 Å². The van der Waals surface area contributed by atoms with E-state index in [4.69, 9.17) is 16.3 Å². The molecule has 2 aliphatic heterocycles. The third-order valence-electron chi connectivity index (χ3n) is 4.21. The number of carbonyl (C=O) groups excluding carboxylic acids is 1. The number of nitrogens with zero attached hydrogens (tertiary/aromatic N) is 2. The highest BCUT2D eigenvalue weighted by Crippen LogP contribution is 2.25. The maximum atomic E-state index is 12.7. The second-order valence-corrected chi connectivity index (χ2v) is 7.98. The van der Waals surface area contributed by atoms with Crippen molar-refractivity contribution in [3.63, 3.8) is 0 Å². The maximum absolute atomic E-state index is 12.7. The Bertz CT molecular complexity index is 680. The lowest BCUT2D eigenvalue weighted by molar-refractivity contribution is -0.142. The van der Waals surface area contributed by atoms with Gasteiger partial charge in [0.1, 0.15) is 11.0 Å². The van der Waals surface area contributed by atoms with E-state index in [0.29, 0.717) is 19.7 Å². The fraction of sp³-hybridized carbons (Fsp3) is 0.533. The van der Waals surface area contributed by atoms with Crippen molar-refractivity contribution < 1.29 is 17.9 Å². The third kappa shape index (κ3) is 3.38. The molecule has 2 aliphatic rings. The minimum atomic E-state index is -3.63.